The molecule has 0 radical (unpaired) electrons. The summed E-state index contributed by atoms with van der Waals surface area (Å²) in [4.78, 5) is 11.5. The summed E-state index contributed by atoms with van der Waals surface area (Å²) in [6.07, 6.45) is 6.04. The van der Waals surface area contributed by atoms with E-state index in [4.69, 9.17) is 0 Å². The Morgan fingerprint density at radius 3 is 2.78 bits per heavy atom. The molecule has 0 unspecified atom stereocenters. The molecule has 0 aromatic carbocycles. The van der Waals surface area contributed by atoms with E-state index in [1.807, 2.05) is 6.92 Å². The highest BCUT2D eigenvalue weighted by molar-refractivity contribution is 5.75. The van der Waals surface area contributed by atoms with Gasteiger partial charge in [0, 0.05) is 19.5 Å². The lowest BCUT2D eigenvalue weighted by Crippen LogP contribution is -2.24. The fraction of sp³-hybridized carbons (Fsp3) is 0.833. The van der Waals surface area contributed by atoms with E-state index in [0.717, 1.165) is 25.2 Å². The Bertz CT molecular complexity index is 350. The third-order valence-corrected chi connectivity index (χ3v) is 2.84. The quantitative estimate of drug-likeness (QED) is 0.676. The van der Waals surface area contributed by atoms with Crippen molar-refractivity contribution in [1.29, 1.82) is 0 Å². The van der Waals surface area contributed by atoms with Gasteiger partial charge in [0.2, 0.25) is 5.91 Å². The number of nitrogens with one attached hydrogen (secondary N) is 1. The number of hydrogen-bond acceptors (Lipinski definition) is 4. The van der Waals surface area contributed by atoms with E-state index in [0.29, 0.717) is 13.0 Å². The second-order valence-corrected chi connectivity index (χ2v) is 4.46. The van der Waals surface area contributed by atoms with Gasteiger partial charge in [0.15, 0.2) is 0 Å². The van der Waals surface area contributed by atoms with Gasteiger partial charge in [-0.2, -0.15) is 0 Å². The van der Waals surface area contributed by atoms with Crippen LogP contribution in [0, 0.1) is 6.92 Å². The summed E-state index contributed by atoms with van der Waals surface area (Å²) in [5, 5.41) is 14.1. The maximum atomic E-state index is 11.5. The van der Waals surface area contributed by atoms with Gasteiger partial charge in [0.25, 0.3) is 0 Å². The fourth-order valence-electron chi connectivity index (χ4n) is 1.71. The Morgan fingerprint density at radius 1 is 1.28 bits per heavy atom. The van der Waals surface area contributed by atoms with E-state index < -0.39 is 0 Å². The number of unbranched alkanes of at least 4 members (excludes halogenated alkanes) is 3. The average molecular weight is 253 g/mol. The summed E-state index contributed by atoms with van der Waals surface area (Å²) in [6.45, 7) is 5.53. The summed E-state index contributed by atoms with van der Waals surface area (Å²) in [7, 11) is 0. The van der Waals surface area contributed by atoms with E-state index in [1.165, 1.54) is 19.3 Å². The minimum absolute atomic E-state index is 0.122. The van der Waals surface area contributed by atoms with E-state index in [2.05, 4.69) is 27.8 Å². The first kappa shape index (κ1) is 14.6. The molecule has 102 valence electrons. The number of carbonyl (C=O) groups is 1. The molecule has 1 heterocycles. The zero-order chi connectivity index (χ0) is 13.2. The lowest BCUT2D eigenvalue weighted by Gasteiger charge is -2.05. The summed E-state index contributed by atoms with van der Waals surface area (Å²) in [5.41, 5.74) is 0. The molecule has 1 amide bonds. The molecule has 1 aromatic rings. The molecular formula is C12H23N5O. The number of amides is 1. The van der Waals surface area contributed by atoms with Crippen molar-refractivity contribution >= 4 is 5.91 Å². The van der Waals surface area contributed by atoms with Crippen LogP contribution in [0.1, 0.15) is 51.3 Å². The minimum Gasteiger partial charge on any atom is -0.356 e. The zero-order valence-electron chi connectivity index (χ0n) is 11.4. The molecule has 6 nitrogen and oxygen atoms in total. The van der Waals surface area contributed by atoms with Crippen molar-refractivity contribution in [1.82, 2.24) is 25.5 Å². The van der Waals surface area contributed by atoms with Gasteiger partial charge in [-0.15, -0.1) is 5.10 Å². The molecule has 0 bridgehead atoms. The largest absolute Gasteiger partial charge is 0.356 e. The average Bonchev–Trinajstić information content (AvgIpc) is 2.75. The monoisotopic (exact) mass is 253 g/mol. The Morgan fingerprint density at radius 2 is 2.11 bits per heavy atom. The minimum atomic E-state index is 0.122. The first-order valence-electron chi connectivity index (χ1n) is 6.73. The predicted octanol–water partition coefficient (Wildman–Crippen LogP) is 1.46. The van der Waals surface area contributed by atoms with Crippen LogP contribution >= 0.6 is 0 Å². The molecule has 0 atom stereocenters. The number of aryl methyl sites for hydroxylation is 2. The van der Waals surface area contributed by atoms with Crippen LogP contribution < -0.4 is 5.32 Å². The van der Waals surface area contributed by atoms with Crippen LogP contribution in [0.15, 0.2) is 0 Å². The third kappa shape index (κ3) is 5.75. The van der Waals surface area contributed by atoms with Gasteiger partial charge in [-0.1, -0.05) is 26.2 Å². The summed E-state index contributed by atoms with van der Waals surface area (Å²) in [5.74, 6) is 0.909. The van der Waals surface area contributed by atoms with Gasteiger partial charge in [-0.05, 0) is 30.2 Å². The molecule has 6 heteroatoms. The highest BCUT2D eigenvalue weighted by atomic mass is 16.1. The molecule has 1 aromatic heterocycles. The molecule has 0 fully saturated rings. The Labute approximate surface area is 108 Å². The van der Waals surface area contributed by atoms with Crippen molar-refractivity contribution in [2.75, 3.05) is 6.54 Å². The van der Waals surface area contributed by atoms with Crippen LogP contribution in [0.2, 0.25) is 0 Å². The standard InChI is InChI=1S/C12H23N5O/c1-3-4-5-6-9-13-12(18)8-7-10-17-11(2)14-15-16-17/h3-10H2,1-2H3,(H,13,18). The molecule has 1 rings (SSSR count). The van der Waals surface area contributed by atoms with E-state index in [1.54, 1.807) is 4.68 Å². The topological polar surface area (TPSA) is 72.7 Å². The summed E-state index contributed by atoms with van der Waals surface area (Å²) in [6, 6.07) is 0. The number of nitrogens with zero attached hydrogens (tertiary/aromatic N) is 4. The number of carbonyl (C=O) groups excluding carboxylic acids is 1. The van der Waals surface area contributed by atoms with Crippen LogP contribution in [-0.4, -0.2) is 32.7 Å². The van der Waals surface area contributed by atoms with Crippen LogP contribution in [0.4, 0.5) is 0 Å². The maximum absolute atomic E-state index is 11.5. The molecule has 0 aliphatic heterocycles. The Hall–Kier alpha value is -1.46. The van der Waals surface area contributed by atoms with E-state index in [-0.39, 0.29) is 5.91 Å². The Kier molecular flexibility index (Phi) is 6.98. The number of tetrazole rings is 1. The molecule has 1 N–H and O–H groups in total. The second-order valence-electron chi connectivity index (χ2n) is 4.46. The first-order valence-corrected chi connectivity index (χ1v) is 6.73. The van der Waals surface area contributed by atoms with Crippen molar-refractivity contribution in [2.45, 2.75) is 58.9 Å². The van der Waals surface area contributed by atoms with Gasteiger partial charge in [0.1, 0.15) is 5.82 Å². The lowest BCUT2D eigenvalue weighted by atomic mass is 10.2. The van der Waals surface area contributed by atoms with Crippen molar-refractivity contribution in [3.63, 3.8) is 0 Å². The number of hydrogen-bond donors (Lipinski definition) is 1. The van der Waals surface area contributed by atoms with Crippen LogP contribution in [0.3, 0.4) is 0 Å². The lowest BCUT2D eigenvalue weighted by molar-refractivity contribution is -0.121. The highest BCUT2D eigenvalue weighted by Gasteiger charge is 2.03. The SMILES string of the molecule is CCCCCCNC(=O)CCCn1nnnc1C. The molecule has 0 saturated carbocycles. The number of aromatic nitrogens is 4. The predicted molar refractivity (Wildman–Crippen MR) is 68.9 cm³/mol. The third-order valence-electron chi connectivity index (χ3n) is 2.84. The van der Waals surface area contributed by atoms with Crippen molar-refractivity contribution in [2.24, 2.45) is 0 Å². The van der Waals surface area contributed by atoms with Gasteiger partial charge < -0.3 is 5.32 Å². The maximum Gasteiger partial charge on any atom is 0.220 e. The smallest absolute Gasteiger partial charge is 0.220 e. The highest BCUT2D eigenvalue weighted by Crippen LogP contribution is 1.98. The van der Waals surface area contributed by atoms with Gasteiger partial charge in [-0.3, -0.25) is 4.79 Å². The van der Waals surface area contributed by atoms with Gasteiger partial charge >= 0.3 is 0 Å². The zero-order valence-corrected chi connectivity index (χ0v) is 11.4. The van der Waals surface area contributed by atoms with Crippen molar-refractivity contribution < 1.29 is 4.79 Å². The summed E-state index contributed by atoms with van der Waals surface area (Å²) >= 11 is 0. The van der Waals surface area contributed by atoms with Crippen LogP contribution in [0.5, 0.6) is 0 Å². The molecule has 18 heavy (non-hydrogen) atoms. The molecule has 0 aliphatic carbocycles. The summed E-state index contributed by atoms with van der Waals surface area (Å²) < 4.78 is 1.72. The Balaban J connectivity index is 2.02. The molecule has 0 saturated heterocycles. The van der Waals surface area contributed by atoms with Gasteiger partial charge in [0.05, 0.1) is 0 Å². The molecular weight excluding hydrogens is 230 g/mol. The van der Waals surface area contributed by atoms with E-state index in [9.17, 15) is 4.79 Å². The first-order chi connectivity index (χ1) is 8.74. The van der Waals surface area contributed by atoms with E-state index >= 15 is 0 Å². The molecule has 0 aliphatic rings. The van der Waals surface area contributed by atoms with Crippen LogP contribution in [-0.2, 0) is 11.3 Å². The molecule has 0 spiro atoms. The fourth-order valence-corrected chi connectivity index (χ4v) is 1.71. The van der Waals surface area contributed by atoms with Gasteiger partial charge in [-0.25, -0.2) is 4.68 Å². The normalized spacial score (nSPS) is 10.6. The second kappa shape index (κ2) is 8.60. The number of rotatable bonds is 9. The van der Waals surface area contributed by atoms with Crippen molar-refractivity contribution in [3.8, 4) is 0 Å². The van der Waals surface area contributed by atoms with Crippen LogP contribution in [0.25, 0.3) is 0 Å². The van der Waals surface area contributed by atoms with Crippen molar-refractivity contribution in [3.05, 3.63) is 5.82 Å².